The SMILES string of the molecule is CC1CCCCC1Nc1ccc2cc(Br)ccc2c1. The van der Waals surface area contributed by atoms with E-state index in [1.165, 1.54) is 42.1 Å². The summed E-state index contributed by atoms with van der Waals surface area (Å²) in [5.41, 5.74) is 1.26. The van der Waals surface area contributed by atoms with E-state index in [1.54, 1.807) is 0 Å². The van der Waals surface area contributed by atoms with Crippen LogP contribution in [0.3, 0.4) is 0 Å². The molecule has 0 saturated heterocycles. The van der Waals surface area contributed by atoms with Crippen molar-refractivity contribution < 1.29 is 0 Å². The van der Waals surface area contributed by atoms with Crippen LogP contribution in [-0.2, 0) is 0 Å². The first-order chi connectivity index (χ1) is 9.22. The minimum atomic E-state index is 0.640. The number of fused-ring (bicyclic) bond motifs is 1. The Labute approximate surface area is 123 Å². The van der Waals surface area contributed by atoms with E-state index < -0.39 is 0 Å². The lowest BCUT2D eigenvalue weighted by molar-refractivity contribution is 0.349. The largest absolute Gasteiger partial charge is 0.382 e. The average molecular weight is 318 g/mol. The molecule has 1 saturated carbocycles. The van der Waals surface area contributed by atoms with Gasteiger partial charge in [0, 0.05) is 16.2 Å². The molecular weight excluding hydrogens is 298 g/mol. The van der Waals surface area contributed by atoms with Gasteiger partial charge in [-0.25, -0.2) is 0 Å². The van der Waals surface area contributed by atoms with E-state index >= 15 is 0 Å². The third kappa shape index (κ3) is 2.94. The quantitative estimate of drug-likeness (QED) is 0.761. The van der Waals surface area contributed by atoms with Gasteiger partial charge in [0.25, 0.3) is 0 Å². The molecule has 2 atom stereocenters. The number of hydrogen-bond acceptors (Lipinski definition) is 1. The number of anilines is 1. The summed E-state index contributed by atoms with van der Waals surface area (Å²) >= 11 is 3.52. The van der Waals surface area contributed by atoms with Gasteiger partial charge in [-0.05, 0) is 53.8 Å². The normalized spacial score (nSPS) is 23.5. The summed E-state index contributed by atoms with van der Waals surface area (Å²) in [6, 6.07) is 13.8. The minimum absolute atomic E-state index is 0.640. The molecule has 1 aliphatic rings. The topological polar surface area (TPSA) is 12.0 Å². The van der Waals surface area contributed by atoms with Gasteiger partial charge in [-0.3, -0.25) is 0 Å². The molecule has 19 heavy (non-hydrogen) atoms. The smallest absolute Gasteiger partial charge is 0.0348 e. The molecule has 0 heterocycles. The number of nitrogens with one attached hydrogen (secondary N) is 1. The van der Waals surface area contributed by atoms with Crippen LogP contribution >= 0.6 is 15.9 Å². The third-order valence-corrected chi connectivity index (χ3v) is 4.76. The van der Waals surface area contributed by atoms with Crippen molar-refractivity contribution in [1.82, 2.24) is 0 Å². The molecule has 1 nitrogen and oxygen atoms in total. The maximum atomic E-state index is 3.73. The Morgan fingerprint density at radius 3 is 2.58 bits per heavy atom. The van der Waals surface area contributed by atoms with Crippen LogP contribution in [0.2, 0.25) is 0 Å². The van der Waals surface area contributed by atoms with Crippen molar-refractivity contribution >= 4 is 32.4 Å². The molecule has 0 radical (unpaired) electrons. The number of benzene rings is 2. The van der Waals surface area contributed by atoms with E-state index in [0.29, 0.717) is 6.04 Å². The monoisotopic (exact) mass is 317 g/mol. The highest BCUT2D eigenvalue weighted by molar-refractivity contribution is 9.10. The van der Waals surface area contributed by atoms with Crippen LogP contribution in [0.5, 0.6) is 0 Å². The van der Waals surface area contributed by atoms with Crippen LogP contribution in [0, 0.1) is 5.92 Å². The molecule has 3 rings (SSSR count). The minimum Gasteiger partial charge on any atom is -0.382 e. The predicted octanol–water partition coefficient (Wildman–Crippen LogP) is 5.59. The highest BCUT2D eigenvalue weighted by Gasteiger charge is 2.20. The van der Waals surface area contributed by atoms with Gasteiger partial charge in [-0.1, -0.05) is 47.8 Å². The highest BCUT2D eigenvalue weighted by atomic mass is 79.9. The fourth-order valence-electron chi connectivity index (χ4n) is 3.05. The maximum Gasteiger partial charge on any atom is 0.0348 e. The van der Waals surface area contributed by atoms with Gasteiger partial charge >= 0.3 is 0 Å². The van der Waals surface area contributed by atoms with Crippen molar-refractivity contribution in [2.75, 3.05) is 5.32 Å². The van der Waals surface area contributed by atoms with Crippen molar-refractivity contribution in [1.29, 1.82) is 0 Å². The van der Waals surface area contributed by atoms with Crippen molar-refractivity contribution in [3.63, 3.8) is 0 Å². The molecule has 2 heteroatoms. The summed E-state index contributed by atoms with van der Waals surface area (Å²) in [6.45, 7) is 2.37. The summed E-state index contributed by atoms with van der Waals surface area (Å²) in [7, 11) is 0. The van der Waals surface area contributed by atoms with Crippen LogP contribution in [0.25, 0.3) is 10.8 Å². The van der Waals surface area contributed by atoms with Gasteiger partial charge in [-0.2, -0.15) is 0 Å². The molecule has 0 aromatic heterocycles. The summed E-state index contributed by atoms with van der Waals surface area (Å²) in [4.78, 5) is 0. The molecule has 1 aliphatic carbocycles. The van der Waals surface area contributed by atoms with Gasteiger partial charge in [0.2, 0.25) is 0 Å². The third-order valence-electron chi connectivity index (χ3n) is 4.27. The number of hydrogen-bond donors (Lipinski definition) is 1. The fourth-order valence-corrected chi connectivity index (χ4v) is 3.43. The first-order valence-corrected chi connectivity index (χ1v) is 7.97. The fraction of sp³-hybridized carbons (Fsp3) is 0.412. The average Bonchev–Trinajstić information content (AvgIpc) is 2.41. The van der Waals surface area contributed by atoms with Crippen LogP contribution < -0.4 is 5.32 Å². The van der Waals surface area contributed by atoms with Crippen LogP contribution in [-0.4, -0.2) is 6.04 Å². The lowest BCUT2D eigenvalue weighted by atomic mass is 9.86. The Morgan fingerprint density at radius 2 is 1.74 bits per heavy atom. The second-order valence-electron chi connectivity index (χ2n) is 5.72. The maximum absolute atomic E-state index is 3.73. The highest BCUT2D eigenvalue weighted by Crippen LogP contribution is 2.28. The van der Waals surface area contributed by atoms with Gasteiger partial charge in [0.05, 0.1) is 0 Å². The first kappa shape index (κ1) is 13.0. The molecule has 2 aromatic rings. The van der Waals surface area contributed by atoms with Crippen LogP contribution in [0.1, 0.15) is 32.6 Å². The Balaban J connectivity index is 1.83. The second-order valence-corrected chi connectivity index (χ2v) is 6.63. The Bertz CT molecular complexity index is 578. The Morgan fingerprint density at radius 1 is 1.00 bits per heavy atom. The molecule has 0 bridgehead atoms. The molecule has 1 N–H and O–H groups in total. The standard InChI is InChI=1S/C17H20BrN/c1-12-4-2-3-5-17(12)19-16-9-7-13-10-15(18)8-6-14(13)11-16/h6-12,17,19H,2-5H2,1H3. The predicted molar refractivity (Wildman–Crippen MR) is 86.7 cm³/mol. The second kappa shape index (κ2) is 5.54. The molecule has 0 spiro atoms. The van der Waals surface area contributed by atoms with E-state index in [2.05, 4.69) is 64.6 Å². The summed E-state index contributed by atoms with van der Waals surface area (Å²) in [5.74, 6) is 0.786. The van der Waals surface area contributed by atoms with Gasteiger partial charge in [0.1, 0.15) is 0 Å². The lowest BCUT2D eigenvalue weighted by Gasteiger charge is -2.30. The number of halogens is 1. The zero-order chi connectivity index (χ0) is 13.2. The van der Waals surface area contributed by atoms with Gasteiger partial charge in [-0.15, -0.1) is 0 Å². The lowest BCUT2D eigenvalue weighted by Crippen LogP contribution is -2.30. The van der Waals surface area contributed by atoms with E-state index in [0.717, 1.165) is 10.4 Å². The molecule has 1 fully saturated rings. The molecule has 2 aromatic carbocycles. The van der Waals surface area contributed by atoms with Gasteiger partial charge < -0.3 is 5.32 Å². The Hall–Kier alpha value is -1.02. The van der Waals surface area contributed by atoms with E-state index in [-0.39, 0.29) is 0 Å². The zero-order valence-corrected chi connectivity index (χ0v) is 12.9. The molecule has 0 aliphatic heterocycles. The van der Waals surface area contributed by atoms with E-state index in [4.69, 9.17) is 0 Å². The summed E-state index contributed by atoms with van der Waals surface area (Å²) < 4.78 is 1.14. The van der Waals surface area contributed by atoms with Crippen LogP contribution in [0.4, 0.5) is 5.69 Å². The molecular formula is C17H20BrN. The number of rotatable bonds is 2. The van der Waals surface area contributed by atoms with Crippen molar-refractivity contribution in [2.45, 2.75) is 38.6 Å². The van der Waals surface area contributed by atoms with Crippen molar-refractivity contribution in [3.8, 4) is 0 Å². The summed E-state index contributed by atoms with van der Waals surface area (Å²) in [5, 5.41) is 6.32. The molecule has 2 unspecified atom stereocenters. The molecule has 0 amide bonds. The molecule has 100 valence electrons. The Kier molecular flexibility index (Phi) is 3.79. The van der Waals surface area contributed by atoms with E-state index in [9.17, 15) is 0 Å². The van der Waals surface area contributed by atoms with Crippen molar-refractivity contribution in [2.24, 2.45) is 5.92 Å². The van der Waals surface area contributed by atoms with Crippen LogP contribution in [0.15, 0.2) is 40.9 Å². The van der Waals surface area contributed by atoms with Crippen molar-refractivity contribution in [3.05, 3.63) is 40.9 Å². The first-order valence-electron chi connectivity index (χ1n) is 7.18. The zero-order valence-electron chi connectivity index (χ0n) is 11.3. The van der Waals surface area contributed by atoms with Gasteiger partial charge in [0.15, 0.2) is 0 Å². The summed E-state index contributed by atoms with van der Waals surface area (Å²) in [6.07, 6.45) is 5.42. The van der Waals surface area contributed by atoms with E-state index in [1.807, 2.05) is 0 Å².